The molecule has 0 saturated heterocycles. The second-order valence-corrected chi connectivity index (χ2v) is 9.98. The summed E-state index contributed by atoms with van der Waals surface area (Å²) in [4.78, 5) is 18.3. The monoisotopic (exact) mass is 502 g/mol. The summed E-state index contributed by atoms with van der Waals surface area (Å²) in [6, 6.07) is 24.9. The summed E-state index contributed by atoms with van der Waals surface area (Å²) < 4.78 is 6.19. The summed E-state index contributed by atoms with van der Waals surface area (Å²) in [6.07, 6.45) is 1.74. The van der Waals surface area contributed by atoms with Gasteiger partial charge in [-0.2, -0.15) is 0 Å². The Morgan fingerprint density at radius 2 is 1.83 bits per heavy atom. The van der Waals surface area contributed by atoms with Crippen molar-refractivity contribution in [2.45, 2.75) is 43.2 Å². The third kappa shape index (κ3) is 6.44. The molecule has 1 N–H and O–H groups in total. The van der Waals surface area contributed by atoms with Gasteiger partial charge in [0, 0.05) is 27.9 Å². The number of halogens is 1. The zero-order valence-corrected chi connectivity index (χ0v) is 21.5. The number of carbonyl (C=O) groups is 1. The van der Waals surface area contributed by atoms with Crippen LogP contribution < -0.4 is 10.1 Å². The number of ether oxygens (including phenoxy) is 1. The van der Waals surface area contributed by atoms with Crippen LogP contribution in [0, 0.1) is 6.92 Å². The molecule has 0 unspecified atom stereocenters. The first kappa shape index (κ1) is 24.8. The van der Waals surface area contributed by atoms with E-state index in [2.05, 4.69) is 36.3 Å². The molecule has 6 heteroatoms. The fraction of sp³-hybridized carbons (Fsp3) is 0.172. The van der Waals surface area contributed by atoms with Crippen LogP contribution in [0.2, 0.25) is 5.02 Å². The summed E-state index contributed by atoms with van der Waals surface area (Å²) in [6.45, 7) is 6.63. The quantitative estimate of drug-likeness (QED) is 0.264. The number of rotatable bonds is 8. The van der Waals surface area contributed by atoms with E-state index < -0.39 is 0 Å². The van der Waals surface area contributed by atoms with Crippen LogP contribution in [-0.2, 0) is 6.61 Å². The maximum atomic E-state index is 13.1. The molecule has 4 rings (SSSR count). The van der Waals surface area contributed by atoms with Gasteiger partial charge in [-0.1, -0.05) is 73.6 Å². The molecular weight excluding hydrogens is 476 g/mol. The average molecular weight is 503 g/mol. The fourth-order valence-corrected chi connectivity index (χ4v) is 4.72. The molecule has 0 spiro atoms. The minimum Gasteiger partial charge on any atom is -0.489 e. The Morgan fingerprint density at radius 3 is 2.57 bits per heavy atom. The predicted octanol–water partition coefficient (Wildman–Crippen LogP) is 8.15. The number of hydrogen-bond donors (Lipinski definition) is 1. The van der Waals surface area contributed by atoms with Gasteiger partial charge < -0.3 is 10.1 Å². The zero-order valence-electron chi connectivity index (χ0n) is 19.9. The number of nitrogens with one attached hydrogen (secondary N) is 1. The van der Waals surface area contributed by atoms with Crippen LogP contribution in [0.15, 0.2) is 95.0 Å². The van der Waals surface area contributed by atoms with E-state index in [-0.39, 0.29) is 5.91 Å². The normalized spacial score (nSPS) is 10.9. The molecule has 178 valence electrons. The van der Waals surface area contributed by atoms with Crippen molar-refractivity contribution in [1.29, 1.82) is 0 Å². The summed E-state index contributed by atoms with van der Waals surface area (Å²) in [7, 11) is 0. The number of aromatic nitrogens is 1. The number of pyridine rings is 1. The van der Waals surface area contributed by atoms with Gasteiger partial charge in [-0.3, -0.25) is 4.79 Å². The van der Waals surface area contributed by atoms with Crippen LogP contribution in [-0.4, -0.2) is 10.9 Å². The third-order valence-corrected chi connectivity index (χ3v) is 6.93. The maximum absolute atomic E-state index is 13.1. The first-order valence-electron chi connectivity index (χ1n) is 11.4. The van der Waals surface area contributed by atoms with Crippen LogP contribution in [0.5, 0.6) is 5.75 Å². The van der Waals surface area contributed by atoms with E-state index in [1.807, 2.05) is 61.5 Å². The molecule has 1 heterocycles. The Kier molecular flexibility index (Phi) is 8.11. The molecule has 0 aliphatic carbocycles. The molecule has 0 aliphatic rings. The highest BCUT2D eigenvalue weighted by Gasteiger charge is 2.15. The molecule has 4 aromatic rings. The molecule has 35 heavy (non-hydrogen) atoms. The summed E-state index contributed by atoms with van der Waals surface area (Å²) in [5, 5.41) is 4.37. The number of hydrogen-bond acceptors (Lipinski definition) is 4. The van der Waals surface area contributed by atoms with Gasteiger partial charge >= 0.3 is 0 Å². The first-order chi connectivity index (χ1) is 16.9. The Labute approximate surface area is 215 Å². The molecule has 0 aliphatic heterocycles. The van der Waals surface area contributed by atoms with Crippen LogP contribution in [0.1, 0.15) is 46.8 Å². The number of amides is 1. The molecule has 0 radical (unpaired) electrons. The molecule has 3 aromatic carbocycles. The predicted molar refractivity (Wildman–Crippen MR) is 144 cm³/mol. The fourth-order valence-electron chi connectivity index (χ4n) is 3.65. The molecule has 0 bridgehead atoms. The van der Waals surface area contributed by atoms with E-state index in [4.69, 9.17) is 16.3 Å². The topological polar surface area (TPSA) is 51.2 Å². The molecule has 4 nitrogen and oxygen atoms in total. The number of aryl methyl sites for hydroxylation is 1. The van der Waals surface area contributed by atoms with Gasteiger partial charge in [0.25, 0.3) is 5.91 Å². The Bertz CT molecular complexity index is 1330. The largest absolute Gasteiger partial charge is 0.489 e. The lowest BCUT2D eigenvalue weighted by molar-refractivity contribution is 0.102. The number of carbonyl (C=O) groups excluding carboxylic acids is 1. The highest BCUT2D eigenvalue weighted by Crippen LogP contribution is 2.34. The van der Waals surface area contributed by atoms with Gasteiger partial charge in [0.05, 0.1) is 5.02 Å². The van der Waals surface area contributed by atoms with E-state index in [0.717, 1.165) is 32.4 Å². The van der Waals surface area contributed by atoms with E-state index in [0.29, 0.717) is 28.8 Å². The van der Waals surface area contributed by atoms with Crippen LogP contribution >= 0.6 is 23.4 Å². The Balaban J connectivity index is 1.48. The van der Waals surface area contributed by atoms with Crippen molar-refractivity contribution in [1.82, 2.24) is 4.98 Å². The first-order valence-corrected chi connectivity index (χ1v) is 12.6. The molecular formula is C29H27ClN2O2S. The molecule has 1 amide bonds. The SMILES string of the molecule is Cc1ccc(C(C)C)c(OCc2ccccc2C(=O)Nc2ccc(Sc3ccccn3)c(Cl)c2)c1. The van der Waals surface area contributed by atoms with Crippen LogP contribution in [0.3, 0.4) is 0 Å². The lowest BCUT2D eigenvalue weighted by atomic mass is 10.0. The lowest BCUT2D eigenvalue weighted by Gasteiger charge is -2.16. The van der Waals surface area contributed by atoms with Crippen molar-refractivity contribution in [2.24, 2.45) is 0 Å². The third-order valence-electron chi connectivity index (χ3n) is 5.48. The molecule has 1 aromatic heterocycles. The zero-order chi connectivity index (χ0) is 24.8. The second kappa shape index (κ2) is 11.4. The van der Waals surface area contributed by atoms with Crippen molar-refractivity contribution in [3.63, 3.8) is 0 Å². The van der Waals surface area contributed by atoms with Crippen LogP contribution in [0.4, 0.5) is 5.69 Å². The van der Waals surface area contributed by atoms with Crippen molar-refractivity contribution in [2.75, 3.05) is 5.32 Å². The highest BCUT2D eigenvalue weighted by atomic mass is 35.5. The van der Waals surface area contributed by atoms with Gasteiger partial charge in [0.2, 0.25) is 0 Å². The van der Waals surface area contributed by atoms with Crippen molar-refractivity contribution in [3.05, 3.63) is 112 Å². The lowest BCUT2D eigenvalue weighted by Crippen LogP contribution is -2.15. The smallest absolute Gasteiger partial charge is 0.256 e. The van der Waals surface area contributed by atoms with E-state index in [1.54, 1.807) is 18.3 Å². The van der Waals surface area contributed by atoms with E-state index in [1.165, 1.54) is 11.8 Å². The highest BCUT2D eigenvalue weighted by molar-refractivity contribution is 7.99. The van der Waals surface area contributed by atoms with E-state index >= 15 is 0 Å². The van der Waals surface area contributed by atoms with Crippen molar-refractivity contribution < 1.29 is 9.53 Å². The summed E-state index contributed by atoms with van der Waals surface area (Å²) in [5.74, 6) is 0.981. The maximum Gasteiger partial charge on any atom is 0.256 e. The standard InChI is InChI=1S/C29H27ClN2O2S/c1-19(2)23-13-11-20(3)16-26(23)34-18-21-8-4-5-9-24(21)29(33)32-22-12-14-27(25(30)17-22)35-28-10-6-7-15-31-28/h4-17,19H,18H2,1-3H3,(H,32,33). The van der Waals surface area contributed by atoms with Gasteiger partial charge in [-0.25, -0.2) is 4.98 Å². The summed E-state index contributed by atoms with van der Waals surface area (Å²) >= 11 is 7.97. The van der Waals surface area contributed by atoms with E-state index in [9.17, 15) is 4.79 Å². The summed E-state index contributed by atoms with van der Waals surface area (Å²) in [5.41, 5.74) is 4.29. The second-order valence-electron chi connectivity index (χ2n) is 8.51. The Hall–Kier alpha value is -3.28. The van der Waals surface area contributed by atoms with Crippen LogP contribution in [0.25, 0.3) is 0 Å². The number of nitrogens with zero attached hydrogens (tertiary/aromatic N) is 1. The van der Waals surface area contributed by atoms with Crippen molar-refractivity contribution in [3.8, 4) is 5.75 Å². The average Bonchev–Trinajstić information content (AvgIpc) is 2.85. The van der Waals surface area contributed by atoms with Gasteiger partial charge in [0.1, 0.15) is 17.4 Å². The van der Waals surface area contributed by atoms with Gasteiger partial charge in [-0.15, -0.1) is 0 Å². The minimum absolute atomic E-state index is 0.210. The molecule has 0 fully saturated rings. The molecule has 0 atom stereocenters. The number of anilines is 1. The minimum atomic E-state index is -0.210. The van der Waals surface area contributed by atoms with Gasteiger partial charge in [0.15, 0.2) is 0 Å². The molecule has 0 saturated carbocycles. The number of benzene rings is 3. The van der Waals surface area contributed by atoms with Gasteiger partial charge in [-0.05, 0) is 66.4 Å². The van der Waals surface area contributed by atoms with Crippen molar-refractivity contribution >= 4 is 35.0 Å². The Morgan fingerprint density at radius 1 is 1.03 bits per heavy atom.